The van der Waals surface area contributed by atoms with Crippen molar-refractivity contribution in [1.29, 1.82) is 0 Å². The van der Waals surface area contributed by atoms with E-state index in [0.717, 1.165) is 18.7 Å². The van der Waals surface area contributed by atoms with Crippen LogP contribution in [0.5, 0.6) is 0 Å². The first-order chi connectivity index (χ1) is 9.84. The van der Waals surface area contributed by atoms with E-state index in [4.69, 9.17) is 18.0 Å². The summed E-state index contributed by atoms with van der Waals surface area (Å²) in [5.41, 5.74) is 7.61. The largest absolute Gasteiger partial charge is 0.389 e. The summed E-state index contributed by atoms with van der Waals surface area (Å²) < 4.78 is 13.4. The van der Waals surface area contributed by atoms with Crippen LogP contribution in [-0.4, -0.2) is 48.0 Å². The highest BCUT2D eigenvalue weighted by Crippen LogP contribution is 2.36. The second-order valence-electron chi connectivity index (χ2n) is 6.31. The summed E-state index contributed by atoms with van der Waals surface area (Å²) in [7, 11) is 6.38. The van der Waals surface area contributed by atoms with Gasteiger partial charge in [0.25, 0.3) is 0 Å². The van der Waals surface area contributed by atoms with Crippen LogP contribution < -0.4 is 5.73 Å². The van der Waals surface area contributed by atoms with Gasteiger partial charge in [-0.1, -0.05) is 18.3 Å². The van der Waals surface area contributed by atoms with Gasteiger partial charge in [-0.2, -0.15) is 0 Å². The number of nitrogens with two attached hydrogens (primary N) is 1. The van der Waals surface area contributed by atoms with E-state index in [9.17, 15) is 4.39 Å². The summed E-state index contributed by atoms with van der Waals surface area (Å²) in [5, 5.41) is 0. The minimum absolute atomic E-state index is 0.254. The Kier molecular flexibility index (Phi) is 4.96. The zero-order chi connectivity index (χ0) is 15.6. The minimum atomic E-state index is -0.298. The van der Waals surface area contributed by atoms with Gasteiger partial charge < -0.3 is 15.5 Å². The topological polar surface area (TPSA) is 32.5 Å². The highest BCUT2D eigenvalue weighted by Gasteiger charge is 2.39. The lowest BCUT2D eigenvalue weighted by Gasteiger charge is -2.49. The lowest BCUT2D eigenvalue weighted by Crippen LogP contribution is -2.56. The molecule has 3 nitrogen and oxygen atoms in total. The summed E-state index contributed by atoms with van der Waals surface area (Å²) in [6.45, 7) is 1.72. The molecule has 0 atom stereocenters. The van der Waals surface area contributed by atoms with Crippen molar-refractivity contribution < 1.29 is 4.39 Å². The Balaban J connectivity index is 2.09. The van der Waals surface area contributed by atoms with Crippen molar-refractivity contribution >= 4 is 17.2 Å². The third kappa shape index (κ3) is 3.59. The van der Waals surface area contributed by atoms with Gasteiger partial charge in [0.05, 0.1) is 0 Å². The molecule has 116 valence electrons. The van der Waals surface area contributed by atoms with Gasteiger partial charge >= 0.3 is 0 Å². The second kappa shape index (κ2) is 6.38. The molecule has 1 aromatic rings. The van der Waals surface area contributed by atoms with Crippen molar-refractivity contribution in [1.82, 2.24) is 9.80 Å². The number of benzene rings is 1. The highest BCUT2D eigenvalue weighted by molar-refractivity contribution is 7.80. The van der Waals surface area contributed by atoms with Crippen LogP contribution in [0.1, 0.15) is 30.4 Å². The molecule has 0 aliphatic heterocycles. The molecule has 0 spiro atoms. The Labute approximate surface area is 131 Å². The van der Waals surface area contributed by atoms with Gasteiger partial charge in [-0.15, -0.1) is 0 Å². The Hall–Kier alpha value is -1.04. The summed E-state index contributed by atoms with van der Waals surface area (Å²) >= 11 is 5.03. The highest BCUT2D eigenvalue weighted by atomic mass is 32.1. The molecule has 0 aromatic heterocycles. The fourth-order valence-electron chi connectivity index (χ4n) is 3.10. The third-order valence-corrected chi connectivity index (χ3v) is 4.79. The van der Waals surface area contributed by atoms with E-state index in [2.05, 4.69) is 30.9 Å². The zero-order valence-corrected chi connectivity index (χ0v) is 13.8. The number of hydrogen-bond donors (Lipinski definition) is 1. The first-order valence-corrected chi connectivity index (χ1v) is 7.69. The number of hydrogen-bond acceptors (Lipinski definition) is 3. The molecule has 0 bridgehead atoms. The maximum absolute atomic E-state index is 13.4. The van der Waals surface area contributed by atoms with Crippen molar-refractivity contribution in [3.63, 3.8) is 0 Å². The Morgan fingerprint density at radius 3 is 2.48 bits per heavy atom. The Morgan fingerprint density at radius 1 is 1.33 bits per heavy atom. The van der Waals surface area contributed by atoms with Crippen LogP contribution in [0.25, 0.3) is 0 Å². The lowest BCUT2D eigenvalue weighted by atomic mass is 9.75. The molecule has 5 heteroatoms. The number of likely N-dealkylation sites (N-methyl/N-ethyl adjacent to an activating group) is 2. The summed E-state index contributed by atoms with van der Waals surface area (Å²) in [4.78, 5) is 4.85. The lowest BCUT2D eigenvalue weighted by molar-refractivity contribution is 0.0259. The fourth-order valence-corrected chi connectivity index (χ4v) is 3.29. The summed E-state index contributed by atoms with van der Waals surface area (Å²) in [6.07, 6.45) is 3.76. The molecule has 0 heterocycles. The maximum atomic E-state index is 13.4. The SMILES string of the molecule is CN(Cc1ccc(F)cc1C(N)=S)CC1(N(C)C)CCC1. The first-order valence-electron chi connectivity index (χ1n) is 7.28. The first kappa shape index (κ1) is 16.3. The van der Waals surface area contributed by atoms with Crippen molar-refractivity contribution in [3.8, 4) is 0 Å². The van der Waals surface area contributed by atoms with Gasteiger partial charge in [0.2, 0.25) is 0 Å². The second-order valence-corrected chi connectivity index (χ2v) is 6.75. The van der Waals surface area contributed by atoms with Crippen LogP contribution in [0.4, 0.5) is 4.39 Å². The predicted octanol–water partition coefficient (Wildman–Crippen LogP) is 2.38. The van der Waals surface area contributed by atoms with E-state index >= 15 is 0 Å². The Morgan fingerprint density at radius 2 is 2.00 bits per heavy atom. The van der Waals surface area contributed by atoms with Gasteiger partial charge in [-0.3, -0.25) is 0 Å². The number of thiocarbonyl (C=S) groups is 1. The molecule has 0 saturated heterocycles. The van der Waals surface area contributed by atoms with Crippen LogP contribution in [-0.2, 0) is 6.54 Å². The van der Waals surface area contributed by atoms with Gasteiger partial charge in [-0.05, 0) is 58.1 Å². The smallest absolute Gasteiger partial charge is 0.123 e. The molecule has 1 fully saturated rings. The van der Waals surface area contributed by atoms with E-state index in [-0.39, 0.29) is 16.3 Å². The number of rotatable bonds is 6. The molecule has 0 amide bonds. The molecule has 2 rings (SSSR count). The molecule has 0 unspecified atom stereocenters. The molecule has 1 aromatic carbocycles. The van der Waals surface area contributed by atoms with Crippen molar-refractivity contribution in [2.24, 2.45) is 5.73 Å². The molecule has 1 aliphatic carbocycles. The van der Waals surface area contributed by atoms with E-state index < -0.39 is 0 Å². The third-order valence-electron chi connectivity index (χ3n) is 4.57. The van der Waals surface area contributed by atoms with Crippen molar-refractivity contribution in [3.05, 3.63) is 35.1 Å². The minimum Gasteiger partial charge on any atom is -0.389 e. The number of halogens is 1. The molecule has 2 N–H and O–H groups in total. The average molecular weight is 309 g/mol. The van der Waals surface area contributed by atoms with E-state index in [1.54, 1.807) is 6.07 Å². The monoisotopic (exact) mass is 309 g/mol. The van der Waals surface area contributed by atoms with Crippen LogP contribution in [0.2, 0.25) is 0 Å². The van der Waals surface area contributed by atoms with Crippen LogP contribution in [0.3, 0.4) is 0 Å². The zero-order valence-electron chi connectivity index (χ0n) is 13.0. The van der Waals surface area contributed by atoms with Crippen molar-refractivity contribution in [2.75, 3.05) is 27.7 Å². The van der Waals surface area contributed by atoms with E-state index in [1.807, 2.05) is 0 Å². The van der Waals surface area contributed by atoms with Crippen LogP contribution >= 0.6 is 12.2 Å². The van der Waals surface area contributed by atoms with Crippen LogP contribution in [0.15, 0.2) is 18.2 Å². The standard InChI is InChI=1S/C16H24FN3S/c1-19(2)16(7-4-8-16)11-20(3)10-12-5-6-13(17)9-14(12)15(18)21/h5-6,9H,4,7-8,10-11H2,1-3H3,(H2,18,21). The molecule has 1 saturated carbocycles. The molecule has 1 aliphatic rings. The van der Waals surface area contributed by atoms with E-state index in [1.165, 1.54) is 31.4 Å². The van der Waals surface area contributed by atoms with Gasteiger partial charge in [0.1, 0.15) is 10.8 Å². The van der Waals surface area contributed by atoms with E-state index in [0.29, 0.717) is 5.56 Å². The summed E-state index contributed by atoms with van der Waals surface area (Å²) in [6, 6.07) is 4.68. The van der Waals surface area contributed by atoms with Crippen molar-refractivity contribution in [2.45, 2.75) is 31.3 Å². The quantitative estimate of drug-likeness (QED) is 0.818. The molecular weight excluding hydrogens is 285 g/mol. The molecule has 21 heavy (non-hydrogen) atoms. The normalized spacial score (nSPS) is 17.0. The molecule has 0 radical (unpaired) electrons. The maximum Gasteiger partial charge on any atom is 0.123 e. The van der Waals surface area contributed by atoms with Crippen LogP contribution in [0, 0.1) is 5.82 Å². The van der Waals surface area contributed by atoms with Gasteiger partial charge in [0.15, 0.2) is 0 Å². The predicted molar refractivity (Wildman–Crippen MR) is 88.9 cm³/mol. The summed E-state index contributed by atoms with van der Waals surface area (Å²) in [5.74, 6) is -0.298. The fraction of sp³-hybridized carbons (Fsp3) is 0.562. The van der Waals surface area contributed by atoms with Gasteiger partial charge in [0, 0.05) is 24.2 Å². The molecular formula is C16H24FN3S. The average Bonchev–Trinajstić information content (AvgIpc) is 2.35. The Bertz CT molecular complexity index is 526. The van der Waals surface area contributed by atoms with Gasteiger partial charge in [-0.25, -0.2) is 4.39 Å². The number of nitrogens with zero attached hydrogens (tertiary/aromatic N) is 2.